The lowest BCUT2D eigenvalue weighted by atomic mass is 10.0. The van der Waals surface area contributed by atoms with Crippen molar-refractivity contribution < 1.29 is 94.2 Å². The van der Waals surface area contributed by atoms with Gasteiger partial charge in [-0.15, -0.1) is 65.9 Å². The summed E-state index contributed by atoms with van der Waals surface area (Å²) in [6.07, 6.45) is 17.8. The molecule has 0 radical (unpaired) electrons. The number of aryl methyl sites for hydroxylation is 1. The topological polar surface area (TPSA) is 590 Å². The molecule has 0 aromatic carbocycles. The van der Waals surface area contributed by atoms with Crippen LogP contribution in [0.2, 0.25) is 0 Å². The van der Waals surface area contributed by atoms with Crippen molar-refractivity contribution in [2.24, 2.45) is 13.0 Å². The highest BCUT2D eigenvalue weighted by Crippen LogP contribution is 2.45. The highest BCUT2D eigenvalue weighted by atomic mass is 32.1. The van der Waals surface area contributed by atoms with Crippen molar-refractivity contribution in [1.82, 2.24) is 58.0 Å². The highest BCUT2D eigenvalue weighted by Gasteiger charge is 2.49. The number of ether oxygens (including phenoxy) is 5. The van der Waals surface area contributed by atoms with Gasteiger partial charge in [0.15, 0.2) is 29.7 Å². The number of aromatic amines is 4. The van der Waals surface area contributed by atoms with Gasteiger partial charge in [0.25, 0.3) is 27.8 Å². The third-order valence-corrected chi connectivity index (χ3v) is 30.4. The van der Waals surface area contributed by atoms with Crippen LogP contribution in [0.3, 0.4) is 0 Å². The largest absolute Gasteiger partial charge is 0.481 e. The molecule has 760 valence electrons. The predicted octanol–water partition coefficient (Wildman–Crippen LogP) is 0.683. The number of nitrogens with zero attached hydrogens (tertiary/aromatic N) is 6. The quantitative estimate of drug-likeness (QED) is 0.0113. The van der Waals surface area contributed by atoms with Crippen molar-refractivity contribution in [2.75, 3.05) is 111 Å². The molecule has 0 spiro atoms. The zero-order valence-electron chi connectivity index (χ0n) is 80.6. The van der Waals surface area contributed by atoms with Crippen LogP contribution in [-0.4, -0.2) is 355 Å². The molecule has 0 bridgehead atoms. The van der Waals surface area contributed by atoms with Crippen molar-refractivity contribution in [3.63, 3.8) is 0 Å². The zero-order valence-corrected chi connectivity index (χ0v) is 85.9. The first-order valence-electron chi connectivity index (χ1n) is 44.3. The molecule has 0 amide bonds. The fourth-order valence-electron chi connectivity index (χ4n) is 14.9. The second-order valence-electron chi connectivity index (χ2n) is 39.3. The SMILES string of the molecule is C=P(C)(C)CC[C@H]1OC(c2cn(C)c(=O)n(CCC(C)C(=O)O)c2=O)[C@H](O)[C@@H]1O.C=P(C)(C)CC[C@H]1O[C@@H](n2cc(CC(C)=O)c(=O)[nH]c2=O)[C@H](O)[C@@H]1O.C=P(C)(C)CC[C@H]1O[C@@H](n2cc(CC(C)=O)c(=O)[nH]c2=O)[C@H](O)[C@@H]1O.C=P(C)(C)CC[C@H]1O[C@@H](n2cc(CNCC=C(C)C)c(=O)[nH]c2=O)[C@H](O)[C@@H]1O.C=P(C)(C)CC[C@H]1O[C@@H](n2cc(CNCC=C(C)C)c(=O)[nH]c2=S)[C@H](O)[C@@H]1O. The maximum absolute atomic E-state index is 12.9. The minimum absolute atomic E-state index is 0.0628. The lowest BCUT2D eigenvalue weighted by molar-refractivity contribution is -0.141. The maximum atomic E-state index is 12.9. The van der Waals surface area contributed by atoms with Gasteiger partial charge in [0, 0.05) is 106 Å². The first-order valence-corrected chi connectivity index (χ1v) is 60.0. The second-order valence-corrected chi connectivity index (χ2v) is 61.3. The number of rotatable bonds is 36. The first kappa shape index (κ1) is 117. The number of carboxylic acids is 1. The third-order valence-electron chi connectivity index (χ3n) is 22.8. The first-order chi connectivity index (χ1) is 62.3. The Morgan fingerprint density at radius 1 is 0.430 bits per heavy atom. The fraction of sp³-hybridized carbons (Fsp3) is 0.640. The van der Waals surface area contributed by atoms with Gasteiger partial charge in [-0.25, -0.2) is 19.2 Å². The smallest absolute Gasteiger partial charge is 0.330 e. The van der Waals surface area contributed by atoms with E-state index < -0.39 is 214 Å². The number of aliphatic carboxylic acids is 1. The summed E-state index contributed by atoms with van der Waals surface area (Å²) in [7, 11) is 1.47. The number of aliphatic hydroxyl groups is 10. The number of Topliss-reactive ketones (excluding diaryl/α,β-unsaturated/α-hetero) is 2. The van der Waals surface area contributed by atoms with Gasteiger partial charge in [0.05, 0.1) is 42.0 Å². The summed E-state index contributed by atoms with van der Waals surface area (Å²) in [4.78, 5) is 152. The maximum Gasteiger partial charge on any atom is 0.330 e. The van der Waals surface area contributed by atoms with Gasteiger partial charge in [-0.1, -0.05) is 30.2 Å². The minimum atomic E-state index is -1.35. The molecule has 5 aliphatic heterocycles. The van der Waals surface area contributed by atoms with E-state index >= 15 is 0 Å². The van der Waals surface area contributed by atoms with E-state index in [0.717, 1.165) is 54.7 Å². The number of hydrogen-bond acceptors (Lipinski definition) is 30. The fourth-order valence-corrected chi connectivity index (χ4v) is 19.9. The van der Waals surface area contributed by atoms with E-state index in [9.17, 15) is 109 Å². The zero-order chi connectivity index (χ0) is 102. The van der Waals surface area contributed by atoms with E-state index in [4.69, 9.17) is 41.0 Å². The summed E-state index contributed by atoms with van der Waals surface area (Å²) in [5.41, 5.74) is -2.06. The van der Waals surface area contributed by atoms with Crippen molar-refractivity contribution in [1.29, 1.82) is 0 Å². The average Bonchev–Trinajstić information content (AvgIpc) is 1.66. The number of aliphatic hydroxyl groups excluding tert-OH is 10. The van der Waals surface area contributed by atoms with Gasteiger partial charge < -0.3 is 95.1 Å². The summed E-state index contributed by atoms with van der Waals surface area (Å²) in [6.45, 7) is 28.1. The predicted molar refractivity (Wildman–Crippen MR) is 538 cm³/mol. The van der Waals surface area contributed by atoms with Gasteiger partial charge in [-0.2, -0.15) is 0 Å². The molecular weight excluding hydrogens is 1870 g/mol. The summed E-state index contributed by atoms with van der Waals surface area (Å²) in [5.74, 6) is -2.20. The van der Waals surface area contributed by atoms with E-state index in [1.165, 1.54) is 67.3 Å². The third kappa shape index (κ3) is 35.0. The number of carbonyl (C=O) groups is 3. The molecule has 5 aromatic rings. The van der Waals surface area contributed by atoms with E-state index in [2.05, 4.69) is 129 Å². The molecule has 5 fully saturated rings. The summed E-state index contributed by atoms with van der Waals surface area (Å²) in [6, 6.07) is 0. The molecule has 40 nitrogen and oxygen atoms in total. The highest BCUT2D eigenvalue weighted by molar-refractivity contribution is 7.73. The van der Waals surface area contributed by atoms with E-state index in [-0.39, 0.29) is 70.9 Å². The Kier molecular flexibility index (Phi) is 43.5. The number of ketones is 2. The Morgan fingerprint density at radius 3 is 1.01 bits per heavy atom. The van der Waals surface area contributed by atoms with Crippen LogP contribution in [0.4, 0.5) is 0 Å². The van der Waals surface area contributed by atoms with Crippen LogP contribution in [0.5, 0.6) is 0 Å². The van der Waals surface area contributed by atoms with E-state index in [1.54, 1.807) is 6.20 Å². The molecule has 17 N–H and O–H groups in total. The number of carboxylic acid groups (broad SMARTS) is 1. The molecular formula is C89H145N12O28P5S. The molecule has 2 unspecified atom stereocenters. The van der Waals surface area contributed by atoms with Gasteiger partial charge in [-0.05, 0) is 190 Å². The van der Waals surface area contributed by atoms with Gasteiger partial charge >= 0.3 is 28.7 Å². The molecule has 10 heterocycles. The van der Waals surface area contributed by atoms with Crippen LogP contribution in [0.1, 0.15) is 146 Å². The van der Waals surface area contributed by atoms with Crippen LogP contribution in [0, 0.1) is 10.7 Å². The number of aromatic nitrogens is 10. The lowest BCUT2D eigenvalue weighted by Crippen LogP contribution is -2.42. The van der Waals surface area contributed by atoms with Crippen LogP contribution < -0.4 is 61.2 Å². The lowest BCUT2D eigenvalue weighted by Gasteiger charge is -2.20. The number of carbonyl (C=O) groups excluding carboxylic acids is 2. The summed E-state index contributed by atoms with van der Waals surface area (Å²) in [5, 5.41) is 119. The number of hydrogen-bond donors (Lipinski definition) is 17. The molecule has 5 aliphatic rings. The molecule has 21 atom stereocenters. The van der Waals surface area contributed by atoms with Crippen molar-refractivity contribution in [2.45, 2.75) is 242 Å². The Balaban J connectivity index is 0.000000260. The monoisotopic (exact) mass is 2020 g/mol. The average molecular weight is 2020 g/mol. The van der Waals surface area contributed by atoms with Crippen LogP contribution in [0.25, 0.3) is 0 Å². The van der Waals surface area contributed by atoms with Crippen LogP contribution in [-0.2, 0) is 77.6 Å². The minimum Gasteiger partial charge on any atom is -0.481 e. The van der Waals surface area contributed by atoms with Gasteiger partial charge in [0.1, 0.15) is 78.7 Å². The van der Waals surface area contributed by atoms with Gasteiger partial charge in [0.2, 0.25) is 0 Å². The van der Waals surface area contributed by atoms with Crippen molar-refractivity contribution in [3.8, 4) is 0 Å². The van der Waals surface area contributed by atoms with Crippen molar-refractivity contribution in [3.05, 3.63) is 181 Å². The Bertz CT molecular complexity index is 5630. The molecule has 0 aliphatic carbocycles. The molecule has 0 saturated carbocycles. The second kappa shape index (κ2) is 50.4. The number of allylic oxidation sites excluding steroid dienone is 2. The Labute approximate surface area is 789 Å². The van der Waals surface area contributed by atoms with Crippen LogP contribution in [0.15, 0.2) is 97.4 Å². The standard InChI is InChI=1S/C19H32N3O5P.C19H32N3O4PS.C19H31N2O7P.2C16H25N2O6P/c1-12(2)6-8-20-10-13-11-22(19(26)21-17(13)25)18-16(24)15(23)14(27-18)7-9-28(3,4)5;1-12(2)6-8-20-10-13-11-22(19(28)21-17(13)25)18-16(24)15(23)14(26-18)7-9-27(3,4)5;1-11(18(25)26)6-8-21-17(24)12(10-20(2)19(21)27)16-15(23)14(22)13(28-16)7-9-29(3,4)5;2*1-9(19)7-10-8-18(16(23)17-14(10)22)15-13(21)12(20)11(24-15)5-6-25(2,3)4/h6,11,14-16,18,20,23-24H,3,7-10H2,1-2,4-5H3,(H,21,25,26);6,11,14-16,18,20,23-24H,3,7-10H2,1-2,4-5H3,(H,21,25,28);10-11,13-16,22-23H,3,6-9H2,1-2,4-5H3,(H,25,26);2*8,11-13,15,20-21H,2,5-7H2,1,3-4H3,(H,17,22,23)/t2*14-,15-,16-,18-;11?,13-,14-,15-,16?;2*11-,12-,13-,15-/m11111/s1. The van der Waals surface area contributed by atoms with Crippen LogP contribution >= 0.6 is 46.6 Å². The molecule has 46 heteroatoms. The Hall–Kier alpha value is -7.07. The van der Waals surface area contributed by atoms with Gasteiger partial charge in [-0.3, -0.25) is 81.1 Å². The van der Waals surface area contributed by atoms with E-state index in [0.29, 0.717) is 62.9 Å². The van der Waals surface area contributed by atoms with E-state index in [1.807, 2.05) is 39.8 Å². The molecule has 5 saturated heterocycles. The number of H-pyrrole nitrogens is 4. The Morgan fingerprint density at radius 2 is 0.711 bits per heavy atom. The summed E-state index contributed by atoms with van der Waals surface area (Å²) >= 11 is 5.26. The molecule has 5 aromatic heterocycles. The molecule has 135 heavy (non-hydrogen) atoms. The number of nitrogens with one attached hydrogen (secondary N) is 6. The van der Waals surface area contributed by atoms with Crippen molar-refractivity contribution >= 4 is 95.7 Å². The summed E-state index contributed by atoms with van der Waals surface area (Å²) < 4.78 is 36.0. The normalized spacial score (nSPS) is 25.9. The molecule has 10 rings (SSSR count).